The van der Waals surface area contributed by atoms with Crippen molar-refractivity contribution in [2.75, 3.05) is 13.2 Å². The third-order valence-electron chi connectivity index (χ3n) is 2.52. The van der Waals surface area contributed by atoms with Crippen LogP contribution in [-0.2, 0) is 9.47 Å². The number of rotatable bonds is 4. The molecule has 5 heteroatoms. The van der Waals surface area contributed by atoms with Crippen LogP contribution in [0.15, 0.2) is 35.5 Å². The molecule has 0 spiro atoms. The van der Waals surface area contributed by atoms with Crippen LogP contribution in [-0.4, -0.2) is 30.5 Å². The molecule has 1 aliphatic rings. The van der Waals surface area contributed by atoms with E-state index in [4.69, 9.17) is 14.6 Å². The molecule has 0 bridgehead atoms. The Morgan fingerprint density at radius 3 is 2.50 bits per heavy atom. The summed E-state index contributed by atoms with van der Waals surface area (Å²) in [5.41, 5.74) is 0.870. The highest BCUT2D eigenvalue weighted by atomic mass is 16.7. The van der Waals surface area contributed by atoms with Gasteiger partial charge in [-0.15, -0.1) is 0 Å². The van der Waals surface area contributed by atoms with Gasteiger partial charge in [0.15, 0.2) is 6.29 Å². The van der Waals surface area contributed by atoms with Crippen LogP contribution in [0.4, 0.5) is 0 Å². The van der Waals surface area contributed by atoms with Crippen molar-refractivity contribution in [3.05, 3.63) is 40.8 Å². The third kappa shape index (κ3) is 2.27. The predicted molar refractivity (Wildman–Crippen MR) is 56.7 cm³/mol. The minimum atomic E-state index is -0.523. The monoisotopic (exact) mass is 223 g/mol. The molecule has 0 saturated carbocycles. The first-order chi connectivity index (χ1) is 7.85. The highest BCUT2D eigenvalue weighted by Crippen LogP contribution is 2.31. The van der Waals surface area contributed by atoms with Gasteiger partial charge in [0.2, 0.25) is 0 Å². The van der Waals surface area contributed by atoms with E-state index in [0.29, 0.717) is 0 Å². The van der Waals surface area contributed by atoms with Crippen LogP contribution < -0.4 is 0 Å². The van der Waals surface area contributed by atoms with Crippen molar-refractivity contribution >= 4 is 0 Å². The van der Waals surface area contributed by atoms with E-state index in [0.717, 1.165) is 5.56 Å². The topological polar surface area (TPSA) is 68.1 Å². The highest BCUT2D eigenvalue weighted by molar-refractivity contribution is 5.16. The maximum Gasteiger partial charge on any atom is 0.184 e. The van der Waals surface area contributed by atoms with E-state index in [2.05, 4.69) is 5.18 Å². The van der Waals surface area contributed by atoms with Gasteiger partial charge in [0, 0.05) is 5.56 Å². The lowest BCUT2D eigenvalue weighted by molar-refractivity contribution is -0.0729. The lowest BCUT2D eigenvalue weighted by atomic mass is 10.2. The molecule has 1 aliphatic heterocycles. The van der Waals surface area contributed by atoms with Gasteiger partial charge < -0.3 is 14.6 Å². The number of benzene rings is 1. The van der Waals surface area contributed by atoms with E-state index >= 15 is 0 Å². The van der Waals surface area contributed by atoms with Crippen LogP contribution >= 0.6 is 0 Å². The molecule has 16 heavy (non-hydrogen) atoms. The highest BCUT2D eigenvalue weighted by Gasteiger charge is 2.36. The summed E-state index contributed by atoms with van der Waals surface area (Å²) in [5.74, 6) is 0. The number of nitrogens with zero attached hydrogens (tertiary/aromatic N) is 1. The third-order valence-corrected chi connectivity index (χ3v) is 2.52. The first-order valence-corrected chi connectivity index (χ1v) is 5.11. The van der Waals surface area contributed by atoms with Crippen molar-refractivity contribution in [3.8, 4) is 0 Å². The smallest absolute Gasteiger partial charge is 0.184 e. The molecule has 5 nitrogen and oxygen atoms in total. The fraction of sp³-hybridized carbons (Fsp3) is 0.455. The first kappa shape index (κ1) is 11.2. The molecule has 3 atom stereocenters. The van der Waals surface area contributed by atoms with E-state index in [1.54, 1.807) is 0 Å². The van der Waals surface area contributed by atoms with E-state index in [-0.39, 0.29) is 13.2 Å². The van der Waals surface area contributed by atoms with E-state index in [9.17, 15) is 4.91 Å². The largest absolute Gasteiger partial charge is 0.394 e. The standard InChI is InChI=1S/C11H13NO4/c13-7-10-9(6-12-14)15-11(16-10)8-4-2-1-3-5-8/h1-5,9-11,13H,6-7H2/t9?,10-,11?/m0/s1. The molecule has 1 saturated heterocycles. The number of aliphatic hydroxyl groups excluding tert-OH is 1. The van der Waals surface area contributed by atoms with Gasteiger partial charge in [0.05, 0.1) is 6.61 Å². The van der Waals surface area contributed by atoms with Crippen LogP contribution in [0.25, 0.3) is 0 Å². The zero-order valence-corrected chi connectivity index (χ0v) is 8.65. The van der Waals surface area contributed by atoms with Crippen molar-refractivity contribution < 1.29 is 14.6 Å². The Hall–Kier alpha value is -1.30. The van der Waals surface area contributed by atoms with Gasteiger partial charge in [0.1, 0.15) is 18.8 Å². The Labute approximate surface area is 93.0 Å². The van der Waals surface area contributed by atoms with Crippen molar-refractivity contribution in [3.63, 3.8) is 0 Å². The quantitative estimate of drug-likeness (QED) is 0.779. The SMILES string of the molecule is O=NCC1OC(c2ccccc2)O[C@H]1CO. The summed E-state index contributed by atoms with van der Waals surface area (Å²) in [4.78, 5) is 10.2. The maximum atomic E-state index is 10.2. The molecule has 1 fully saturated rings. The molecule has 1 N–H and O–H groups in total. The Morgan fingerprint density at radius 1 is 1.19 bits per heavy atom. The average molecular weight is 223 g/mol. The summed E-state index contributed by atoms with van der Waals surface area (Å²) >= 11 is 0. The van der Waals surface area contributed by atoms with Gasteiger partial charge in [-0.1, -0.05) is 35.5 Å². The van der Waals surface area contributed by atoms with Gasteiger partial charge in [-0.05, 0) is 0 Å². The molecule has 86 valence electrons. The molecular formula is C11H13NO4. The summed E-state index contributed by atoms with van der Waals surface area (Å²) in [7, 11) is 0. The predicted octanol–water partition coefficient (Wildman–Crippen LogP) is 1.23. The lowest BCUT2D eigenvalue weighted by Gasteiger charge is -2.09. The number of hydrogen-bond acceptors (Lipinski definition) is 5. The van der Waals surface area contributed by atoms with Crippen LogP contribution in [0.2, 0.25) is 0 Å². The molecular weight excluding hydrogens is 210 g/mol. The summed E-state index contributed by atoms with van der Waals surface area (Å²) in [6.45, 7) is -0.182. The molecule has 1 aromatic rings. The van der Waals surface area contributed by atoms with Gasteiger partial charge in [0.25, 0.3) is 0 Å². The second-order valence-corrected chi connectivity index (χ2v) is 3.59. The van der Waals surface area contributed by atoms with Crippen LogP contribution in [0.3, 0.4) is 0 Å². The summed E-state index contributed by atoms with van der Waals surface area (Å²) in [5, 5.41) is 11.9. The molecule has 0 aromatic heterocycles. The van der Waals surface area contributed by atoms with Crippen molar-refractivity contribution in [2.45, 2.75) is 18.5 Å². The summed E-state index contributed by atoms with van der Waals surface area (Å²) < 4.78 is 11.0. The summed E-state index contributed by atoms with van der Waals surface area (Å²) in [6, 6.07) is 9.39. The molecule has 2 rings (SSSR count). The number of aliphatic hydroxyl groups is 1. The lowest BCUT2D eigenvalue weighted by Crippen LogP contribution is -2.28. The summed E-state index contributed by atoms with van der Waals surface area (Å²) in [6.07, 6.45) is -1.47. The van der Waals surface area contributed by atoms with Crippen molar-refractivity contribution in [1.82, 2.24) is 0 Å². The molecule has 2 unspecified atom stereocenters. The zero-order valence-electron chi connectivity index (χ0n) is 8.65. The second kappa shape index (κ2) is 5.16. The fourth-order valence-corrected chi connectivity index (χ4v) is 1.69. The van der Waals surface area contributed by atoms with Crippen LogP contribution in [0.5, 0.6) is 0 Å². The Bertz CT molecular complexity index is 343. The minimum Gasteiger partial charge on any atom is -0.394 e. The van der Waals surface area contributed by atoms with Crippen LogP contribution in [0.1, 0.15) is 11.9 Å². The molecule has 0 radical (unpaired) electrons. The molecule has 0 amide bonds. The second-order valence-electron chi connectivity index (χ2n) is 3.59. The first-order valence-electron chi connectivity index (χ1n) is 5.11. The molecule has 1 heterocycles. The number of ether oxygens (including phenoxy) is 2. The van der Waals surface area contributed by atoms with E-state index < -0.39 is 18.5 Å². The maximum absolute atomic E-state index is 10.2. The van der Waals surface area contributed by atoms with Gasteiger partial charge in [-0.2, -0.15) is 4.91 Å². The van der Waals surface area contributed by atoms with Gasteiger partial charge in [-0.25, -0.2) is 0 Å². The average Bonchev–Trinajstić information content (AvgIpc) is 2.74. The van der Waals surface area contributed by atoms with Crippen LogP contribution in [0, 0.1) is 4.91 Å². The Morgan fingerprint density at radius 2 is 1.88 bits per heavy atom. The number of hydrogen-bond donors (Lipinski definition) is 1. The molecule has 1 aromatic carbocycles. The fourth-order valence-electron chi connectivity index (χ4n) is 1.69. The molecule has 0 aliphatic carbocycles. The van der Waals surface area contributed by atoms with Gasteiger partial charge in [-0.3, -0.25) is 0 Å². The van der Waals surface area contributed by atoms with E-state index in [1.165, 1.54) is 0 Å². The number of nitroso groups, excluding NO2 is 1. The Kier molecular flexibility index (Phi) is 3.61. The van der Waals surface area contributed by atoms with Gasteiger partial charge >= 0.3 is 0 Å². The van der Waals surface area contributed by atoms with Crippen molar-refractivity contribution in [2.24, 2.45) is 5.18 Å². The van der Waals surface area contributed by atoms with E-state index in [1.807, 2.05) is 30.3 Å². The Balaban J connectivity index is 2.07. The van der Waals surface area contributed by atoms with Crippen molar-refractivity contribution in [1.29, 1.82) is 0 Å². The zero-order chi connectivity index (χ0) is 11.4. The minimum absolute atomic E-state index is 0.00540. The normalized spacial score (nSPS) is 29.2.